The van der Waals surface area contributed by atoms with Crippen molar-refractivity contribution in [2.75, 3.05) is 20.3 Å². The van der Waals surface area contributed by atoms with Gasteiger partial charge in [0.25, 0.3) is 0 Å². The van der Waals surface area contributed by atoms with Crippen LogP contribution in [0.1, 0.15) is 11.8 Å². The van der Waals surface area contributed by atoms with Crippen LogP contribution in [-0.2, 0) is 4.74 Å². The fourth-order valence-electron chi connectivity index (χ4n) is 1.90. The van der Waals surface area contributed by atoms with Gasteiger partial charge in [-0.3, -0.25) is 0 Å². The molecule has 1 fully saturated rings. The Morgan fingerprint density at radius 2 is 2.41 bits per heavy atom. The summed E-state index contributed by atoms with van der Waals surface area (Å²) in [7, 11) is 1.91. The van der Waals surface area contributed by atoms with Crippen LogP contribution in [-0.4, -0.2) is 41.4 Å². The van der Waals surface area contributed by atoms with Crippen molar-refractivity contribution < 1.29 is 9.26 Å². The molecule has 17 heavy (non-hydrogen) atoms. The van der Waals surface area contributed by atoms with Crippen molar-refractivity contribution in [2.45, 2.75) is 12.0 Å². The molecule has 2 aromatic heterocycles. The summed E-state index contributed by atoms with van der Waals surface area (Å²) in [5.41, 5.74) is 2.51. The summed E-state index contributed by atoms with van der Waals surface area (Å²) < 4.78 is 10.7. The first kappa shape index (κ1) is 10.8. The molecule has 7 heteroatoms. The van der Waals surface area contributed by atoms with Crippen LogP contribution in [0.15, 0.2) is 15.4 Å². The molecule has 2 atom stereocenters. The molecular weight excluding hydrogens is 240 g/mol. The molecule has 90 valence electrons. The lowest BCUT2D eigenvalue weighted by Gasteiger charge is -2.11. The van der Waals surface area contributed by atoms with Crippen molar-refractivity contribution >= 4 is 11.3 Å². The highest BCUT2D eigenvalue weighted by atomic mass is 32.1. The molecule has 0 bridgehead atoms. The van der Waals surface area contributed by atoms with Gasteiger partial charge in [-0.05, 0) is 7.05 Å². The van der Waals surface area contributed by atoms with Crippen LogP contribution >= 0.6 is 11.3 Å². The van der Waals surface area contributed by atoms with E-state index in [1.54, 1.807) is 5.51 Å². The maximum Gasteiger partial charge on any atom is 0.234 e. The molecule has 1 saturated heterocycles. The van der Waals surface area contributed by atoms with Crippen LogP contribution in [0, 0.1) is 0 Å². The highest BCUT2D eigenvalue weighted by molar-refractivity contribution is 7.07. The minimum absolute atomic E-state index is 0.125. The molecule has 2 unspecified atom stereocenters. The van der Waals surface area contributed by atoms with Gasteiger partial charge < -0.3 is 14.6 Å². The summed E-state index contributed by atoms with van der Waals surface area (Å²) in [6.45, 7) is 1.29. The van der Waals surface area contributed by atoms with Gasteiger partial charge in [-0.15, -0.1) is 11.3 Å². The summed E-state index contributed by atoms with van der Waals surface area (Å²) in [6, 6.07) is 0.235. The third kappa shape index (κ3) is 1.97. The van der Waals surface area contributed by atoms with Gasteiger partial charge in [-0.2, -0.15) is 4.98 Å². The standard InChI is InChI=1S/C10H12N4O2S/c1-11-7-3-15-2-6(7)10-13-9(14-16-10)8-4-17-5-12-8/h4-7,11H,2-3H2,1H3. The van der Waals surface area contributed by atoms with Gasteiger partial charge in [-0.25, -0.2) is 4.98 Å². The summed E-state index contributed by atoms with van der Waals surface area (Å²) in [5, 5.41) is 9.04. The van der Waals surface area contributed by atoms with Crippen LogP contribution < -0.4 is 5.32 Å². The van der Waals surface area contributed by atoms with Crippen molar-refractivity contribution in [3.05, 3.63) is 16.8 Å². The SMILES string of the molecule is CNC1COCC1c1nc(-c2cscn2)no1. The molecule has 3 rings (SSSR count). The summed E-state index contributed by atoms with van der Waals surface area (Å²) in [4.78, 5) is 8.53. The second-order valence-corrected chi connectivity index (χ2v) is 4.59. The molecule has 0 spiro atoms. The van der Waals surface area contributed by atoms with E-state index in [-0.39, 0.29) is 12.0 Å². The molecule has 0 saturated carbocycles. The number of nitrogens with zero attached hydrogens (tertiary/aromatic N) is 3. The Hall–Kier alpha value is -1.31. The van der Waals surface area contributed by atoms with E-state index in [0.29, 0.717) is 24.9 Å². The van der Waals surface area contributed by atoms with E-state index in [1.165, 1.54) is 11.3 Å². The number of hydrogen-bond donors (Lipinski definition) is 1. The largest absolute Gasteiger partial charge is 0.379 e. The van der Waals surface area contributed by atoms with Crippen molar-refractivity contribution in [3.63, 3.8) is 0 Å². The average molecular weight is 252 g/mol. The van der Waals surface area contributed by atoms with E-state index < -0.39 is 0 Å². The van der Waals surface area contributed by atoms with Crippen molar-refractivity contribution in [3.8, 4) is 11.5 Å². The Labute approximate surface area is 102 Å². The van der Waals surface area contributed by atoms with Crippen LogP contribution in [0.2, 0.25) is 0 Å². The minimum atomic E-state index is 0.125. The highest BCUT2D eigenvalue weighted by Gasteiger charge is 2.33. The first-order chi connectivity index (χ1) is 8.38. The van der Waals surface area contributed by atoms with Gasteiger partial charge in [-0.1, -0.05) is 5.16 Å². The highest BCUT2D eigenvalue weighted by Crippen LogP contribution is 2.26. The van der Waals surface area contributed by atoms with E-state index in [1.807, 2.05) is 12.4 Å². The zero-order chi connectivity index (χ0) is 11.7. The van der Waals surface area contributed by atoms with Crippen molar-refractivity contribution in [2.24, 2.45) is 0 Å². The Morgan fingerprint density at radius 1 is 1.47 bits per heavy atom. The first-order valence-electron chi connectivity index (χ1n) is 5.35. The van der Waals surface area contributed by atoms with E-state index >= 15 is 0 Å². The third-order valence-corrected chi connectivity index (χ3v) is 3.46. The summed E-state index contributed by atoms with van der Waals surface area (Å²) in [6.07, 6.45) is 0. The Balaban J connectivity index is 1.85. The van der Waals surface area contributed by atoms with E-state index in [2.05, 4.69) is 20.4 Å². The smallest absolute Gasteiger partial charge is 0.234 e. The number of likely N-dealkylation sites (N-methyl/N-ethyl adjacent to an activating group) is 1. The Morgan fingerprint density at radius 3 is 3.18 bits per heavy atom. The number of thiazole rings is 1. The van der Waals surface area contributed by atoms with Gasteiger partial charge in [0.15, 0.2) is 0 Å². The molecule has 1 N–H and O–H groups in total. The average Bonchev–Trinajstić information content (AvgIpc) is 3.09. The van der Waals surface area contributed by atoms with Crippen LogP contribution in [0.5, 0.6) is 0 Å². The van der Waals surface area contributed by atoms with E-state index in [4.69, 9.17) is 9.26 Å². The molecular formula is C10H12N4O2S. The van der Waals surface area contributed by atoms with Crippen molar-refractivity contribution in [1.29, 1.82) is 0 Å². The van der Waals surface area contributed by atoms with Crippen LogP contribution in [0.4, 0.5) is 0 Å². The normalized spacial score (nSPS) is 24.3. The Bertz CT molecular complexity index is 484. The zero-order valence-corrected chi connectivity index (χ0v) is 10.1. The monoisotopic (exact) mass is 252 g/mol. The maximum absolute atomic E-state index is 5.41. The van der Waals surface area contributed by atoms with Gasteiger partial charge in [0.05, 0.1) is 24.6 Å². The number of nitrogens with one attached hydrogen (secondary N) is 1. The van der Waals surface area contributed by atoms with Gasteiger partial charge >= 0.3 is 0 Å². The number of hydrogen-bond acceptors (Lipinski definition) is 7. The Kier molecular flexibility index (Phi) is 2.87. The lowest BCUT2D eigenvalue weighted by Crippen LogP contribution is -2.31. The van der Waals surface area contributed by atoms with E-state index in [0.717, 1.165) is 5.69 Å². The number of aromatic nitrogens is 3. The number of ether oxygens (including phenoxy) is 1. The maximum atomic E-state index is 5.41. The molecule has 6 nitrogen and oxygen atoms in total. The predicted octanol–water partition coefficient (Wildman–Crippen LogP) is 0.895. The zero-order valence-electron chi connectivity index (χ0n) is 9.29. The second kappa shape index (κ2) is 4.52. The van der Waals surface area contributed by atoms with Crippen LogP contribution in [0.3, 0.4) is 0 Å². The molecule has 0 aliphatic carbocycles. The van der Waals surface area contributed by atoms with Crippen molar-refractivity contribution in [1.82, 2.24) is 20.4 Å². The summed E-state index contributed by atoms with van der Waals surface area (Å²) >= 11 is 1.51. The molecule has 3 heterocycles. The lowest BCUT2D eigenvalue weighted by atomic mass is 10.0. The van der Waals surface area contributed by atoms with Gasteiger partial charge in [0, 0.05) is 11.4 Å². The van der Waals surface area contributed by atoms with Gasteiger partial charge in [0.2, 0.25) is 11.7 Å². The molecule has 1 aliphatic heterocycles. The topological polar surface area (TPSA) is 73.1 Å². The fraction of sp³-hybridized carbons (Fsp3) is 0.500. The predicted molar refractivity (Wildman–Crippen MR) is 61.8 cm³/mol. The molecule has 1 aliphatic rings. The fourth-order valence-corrected chi connectivity index (χ4v) is 2.43. The quantitative estimate of drug-likeness (QED) is 0.874. The second-order valence-electron chi connectivity index (χ2n) is 3.87. The van der Waals surface area contributed by atoms with Crippen LogP contribution in [0.25, 0.3) is 11.5 Å². The van der Waals surface area contributed by atoms with E-state index in [9.17, 15) is 0 Å². The molecule has 0 amide bonds. The minimum Gasteiger partial charge on any atom is -0.379 e. The lowest BCUT2D eigenvalue weighted by molar-refractivity contribution is 0.185. The summed E-state index contributed by atoms with van der Waals surface area (Å²) in [5.74, 6) is 1.28. The molecule has 2 aromatic rings. The molecule has 0 aromatic carbocycles. The first-order valence-corrected chi connectivity index (χ1v) is 6.30. The molecule has 0 radical (unpaired) electrons. The van der Waals surface area contributed by atoms with Gasteiger partial charge in [0.1, 0.15) is 5.69 Å². The number of rotatable bonds is 3. The third-order valence-electron chi connectivity index (χ3n) is 2.87.